The molecule has 6 rings (SSSR count). The molecule has 2 saturated heterocycles. The summed E-state index contributed by atoms with van der Waals surface area (Å²) in [6.45, 7) is 2.24. The zero-order valence-electron chi connectivity index (χ0n) is 21.2. The first-order chi connectivity index (χ1) is 19.0. The Hall–Kier alpha value is -3.64. The number of sulfone groups is 1. The normalized spacial score (nSPS) is 19.5. The molecule has 0 unspecified atom stereocenters. The Bertz CT molecular complexity index is 1540. The van der Waals surface area contributed by atoms with E-state index in [1.807, 2.05) is 24.3 Å². The van der Waals surface area contributed by atoms with Gasteiger partial charge in [-0.1, -0.05) is 41.6 Å². The summed E-state index contributed by atoms with van der Waals surface area (Å²) < 4.78 is 42.1. The van der Waals surface area contributed by atoms with Crippen LogP contribution in [0.15, 0.2) is 70.2 Å². The fourth-order valence-electron chi connectivity index (χ4n) is 4.77. The van der Waals surface area contributed by atoms with Gasteiger partial charge in [-0.25, -0.2) is 18.4 Å². The number of rotatable bonds is 8. The van der Waals surface area contributed by atoms with Gasteiger partial charge >= 0.3 is 0 Å². The lowest BCUT2D eigenvalue weighted by Crippen LogP contribution is -2.27. The Morgan fingerprint density at radius 2 is 1.74 bits per heavy atom. The highest BCUT2D eigenvalue weighted by Crippen LogP contribution is 2.31. The molecular weight excluding hydrogens is 518 g/mol. The number of nitrogens with one attached hydrogen (secondary N) is 1. The topological polar surface area (TPSA) is 142 Å². The monoisotopic (exact) mass is 547 g/mol. The predicted octanol–water partition coefficient (Wildman–Crippen LogP) is 3.84. The maximum absolute atomic E-state index is 12.8. The van der Waals surface area contributed by atoms with Crippen molar-refractivity contribution in [1.82, 2.24) is 20.4 Å². The molecule has 10 nitrogen and oxygen atoms in total. The number of nitrogen functional groups attached to an aromatic ring is 1. The van der Waals surface area contributed by atoms with Crippen molar-refractivity contribution in [2.45, 2.75) is 42.2 Å². The van der Waals surface area contributed by atoms with Crippen LogP contribution in [0.5, 0.6) is 0 Å². The Balaban J connectivity index is 1.18. The molecule has 2 aliphatic heterocycles. The zero-order valence-corrected chi connectivity index (χ0v) is 22.1. The first-order valence-electron chi connectivity index (χ1n) is 12.9. The lowest BCUT2D eigenvalue weighted by Gasteiger charge is -2.11. The van der Waals surface area contributed by atoms with E-state index in [2.05, 4.69) is 20.4 Å². The highest BCUT2D eigenvalue weighted by molar-refractivity contribution is 7.92. The van der Waals surface area contributed by atoms with Crippen LogP contribution in [0.25, 0.3) is 34.0 Å². The number of nitrogens with two attached hydrogens (primary N) is 1. The van der Waals surface area contributed by atoms with Crippen LogP contribution in [0.4, 0.5) is 5.82 Å². The molecule has 4 aromatic rings. The van der Waals surface area contributed by atoms with Crippen LogP contribution in [0.2, 0.25) is 0 Å². The second-order valence-corrected chi connectivity index (χ2v) is 11.9. The Morgan fingerprint density at radius 3 is 2.46 bits per heavy atom. The van der Waals surface area contributed by atoms with E-state index in [0.29, 0.717) is 41.4 Å². The molecule has 2 aromatic carbocycles. The Morgan fingerprint density at radius 1 is 0.974 bits per heavy atom. The first kappa shape index (κ1) is 25.6. The molecule has 2 aromatic heterocycles. The van der Waals surface area contributed by atoms with Crippen molar-refractivity contribution >= 4 is 15.7 Å². The van der Waals surface area contributed by atoms with E-state index >= 15 is 0 Å². The molecule has 0 aliphatic carbocycles. The molecule has 0 amide bonds. The molecule has 0 bridgehead atoms. The van der Waals surface area contributed by atoms with Gasteiger partial charge < -0.3 is 19.7 Å². The van der Waals surface area contributed by atoms with Crippen molar-refractivity contribution in [3.63, 3.8) is 0 Å². The lowest BCUT2D eigenvalue weighted by molar-refractivity contribution is 0.0827. The van der Waals surface area contributed by atoms with Gasteiger partial charge in [-0.2, -0.15) is 0 Å². The molecule has 0 spiro atoms. The Kier molecular flexibility index (Phi) is 7.13. The second-order valence-electron chi connectivity index (χ2n) is 9.70. The highest BCUT2D eigenvalue weighted by Gasteiger charge is 2.31. The maximum Gasteiger partial charge on any atom is 0.189 e. The molecule has 202 valence electrons. The van der Waals surface area contributed by atoms with Gasteiger partial charge in [0, 0.05) is 37.0 Å². The van der Waals surface area contributed by atoms with Crippen molar-refractivity contribution in [2.24, 2.45) is 0 Å². The summed E-state index contributed by atoms with van der Waals surface area (Å²) >= 11 is 0. The predicted molar refractivity (Wildman–Crippen MR) is 145 cm³/mol. The first-order valence-corrected chi connectivity index (χ1v) is 14.5. The zero-order chi connectivity index (χ0) is 26.8. The number of ether oxygens (including phenoxy) is 2. The minimum absolute atomic E-state index is 0.128. The number of anilines is 1. The lowest BCUT2D eigenvalue weighted by atomic mass is 10.1. The standard InChI is InChI=1S/C28H29N5O5S/c29-28-27(25-14-23(33-38-25)19-5-3-18(4-6-19)15-30-26-2-1-12-37-26)32-24(16-31-28)20-7-9-21(10-8-20)39(34,35)22-11-13-36-17-22/h3-10,14,16,22,26,30H,1-2,11-13,15,17H2,(H2,29,31)/t22-,26+/m1/s1. The molecular formula is C28H29N5O5S. The summed E-state index contributed by atoms with van der Waals surface area (Å²) in [5.74, 6) is 0.596. The quantitative estimate of drug-likeness (QED) is 0.334. The van der Waals surface area contributed by atoms with E-state index < -0.39 is 15.1 Å². The van der Waals surface area contributed by atoms with E-state index in [9.17, 15) is 8.42 Å². The van der Waals surface area contributed by atoms with Crippen LogP contribution < -0.4 is 11.1 Å². The van der Waals surface area contributed by atoms with E-state index in [-0.39, 0.29) is 23.5 Å². The van der Waals surface area contributed by atoms with Gasteiger partial charge in [-0.15, -0.1) is 0 Å². The molecule has 11 heteroatoms. The SMILES string of the molecule is Nc1ncc(-c2ccc(S(=O)(=O)[C@@H]3CCOC3)cc2)nc1-c1cc(-c2ccc(CN[C@@H]3CCCO3)cc2)no1. The fraction of sp³-hybridized carbons (Fsp3) is 0.321. The molecule has 0 saturated carbocycles. The average Bonchev–Trinajstić information content (AvgIpc) is 3.76. The molecule has 0 radical (unpaired) electrons. The van der Waals surface area contributed by atoms with Crippen LogP contribution in [0.1, 0.15) is 24.8 Å². The summed E-state index contributed by atoms with van der Waals surface area (Å²) in [5, 5.41) is 7.11. The van der Waals surface area contributed by atoms with Crippen LogP contribution in [-0.2, 0) is 25.9 Å². The average molecular weight is 548 g/mol. The minimum Gasteiger partial charge on any atom is -0.382 e. The van der Waals surface area contributed by atoms with Crippen LogP contribution in [0, 0.1) is 0 Å². The molecule has 2 fully saturated rings. The van der Waals surface area contributed by atoms with Gasteiger partial charge in [0.1, 0.15) is 11.9 Å². The van der Waals surface area contributed by atoms with Crippen LogP contribution in [0.3, 0.4) is 0 Å². The third-order valence-corrected chi connectivity index (χ3v) is 9.24. The number of hydrogen-bond acceptors (Lipinski definition) is 10. The van der Waals surface area contributed by atoms with Crippen molar-refractivity contribution < 1.29 is 22.4 Å². The van der Waals surface area contributed by atoms with E-state index in [4.69, 9.17) is 19.7 Å². The second kappa shape index (κ2) is 10.9. The van der Waals surface area contributed by atoms with Gasteiger partial charge in [-0.3, -0.25) is 5.32 Å². The minimum atomic E-state index is -3.44. The number of hydrogen-bond donors (Lipinski definition) is 2. The smallest absolute Gasteiger partial charge is 0.189 e. The number of nitrogens with zero attached hydrogens (tertiary/aromatic N) is 3. The van der Waals surface area contributed by atoms with Gasteiger partial charge in [0.25, 0.3) is 0 Å². The molecule has 2 atom stereocenters. The van der Waals surface area contributed by atoms with Gasteiger partial charge in [0.2, 0.25) is 0 Å². The van der Waals surface area contributed by atoms with Crippen molar-refractivity contribution in [3.8, 4) is 34.0 Å². The summed E-state index contributed by atoms with van der Waals surface area (Å²) in [7, 11) is -3.44. The van der Waals surface area contributed by atoms with Crippen LogP contribution in [-0.4, -0.2) is 54.8 Å². The summed E-state index contributed by atoms with van der Waals surface area (Å²) in [5.41, 5.74) is 10.4. The van der Waals surface area contributed by atoms with Crippen molar-refractivity contribution in [3.05, 3.63) is 66.4 Å². The number of aromatic nitrogens is 3. The van der Waals surface area contributed by atoms with Crippen molar-refractivity contribution in [1.29, 1.82) is 0 Å². The molecule has 4 heterocycles. The third kappa shape index (κ3) is 5.44. The highest BCUT2D eigenvalue weighted by atomic mass is 32.2. The van der Waals surface area contributed by atoms with E-state index in [0.717, 1.165) is 37.1 Å². The maximum atomic E-state index is 12.8. The van der Waals surface area contributed by atoms with E-state index in [1.165, 1.54) is 0 Å². The van der Waals surface area contributed by atoms with Gasteiger partial charge in [0.05, 0.1) is 28.6 Å². The number of benzene rings is 2. The van der Waals surface area contributed by atoms with Gasteiger partial charge in [-0.05, 0) is 37.0 Å². The largest absolute Gasteiger partial charge is 0.382 e. The molecule has 39 heavy (non-hydrogen) atoms. The fourth-order valence-corrected chi connectivity index (χ4v) is 6.35. The molecule has 2 aliphatic rings. The van der Waals surface area contributed by atoms with Crippen LogP contribution >= 0.6 is 0 Å². The summed E-state index contributed by atoms with van der Waals surface area (Å²) in [4.78, 5) is 9.21. The van der Waals surface area contributed by atoms with E-state index in [1.54, 1.807) is 36.5 Å². The van der Waals surface area contributed by atoms with Crippen molar-refractivity contribution in [2.75, 3.05) is 25.6 Å². The van der Waals surface area contributed by atoms with Gasteiger partial charge in [0.15, 0.2) is 27.1 Å². The Labute approximate surface area is 226 Å². The molecule has 3 N–H and O–H groups in total. The summed E-state index contributed by atoms with van der Waals surface area (Å²) in [6.07, 6.45) is 4.32. The third-order valence-electron chi connectivity index (χ3n) is 7.06. The summed E-state index contributed by atoms with van der Waals surface area (Å²) in [6, 6.07) is 16.5.